The van der Waals surface area contributed by atoms with E-state index in [9.17, 15) is 4.79 Å². The average molecular weight is 260 g/mol. The van der Waals surface area contributed by atoms with Crippen LogP contribution in [0.1, 0.15) is 25.7 Å². The Kier molecular flexibility index (Phi) is 3.19. The van der Waals surface area contributed by atoms with E-state index in [1.807, 2.05) is 29.2 Å². The SMILES string of the molecule is NCC1(C(=O)N2CCOc3ccccc32)CCCC1. The summed E-state index contributed by atoms with van der Waals surface area (Å²) in [5.41, 5.74) is 6.46. The number of benzene rings is 1. The van der Waals surface area contributed by atoms with Crippen LogP contribution in [0, 0.1) is 5.41 Å². The Morgan fingerprint density at radius 3 is 2.79 bits per heavy atom. The molecule has 19 heavy (non-hydrogen) atoms. The quantitative estimate of drug-likeness (QED) is 0.884. The van der Waals surface area contributed by atoms with Crippen LogP contribution in [0.15, 0.2) is 24.3 Å². The summed E-state index contributed by atoms with van der Waals surface area (Å²) >= 11 is 0. The van der Waals surface area contributed by atoms with Gasteiger partial charge < -0.3 is 15.4 Å². The van der Waals surface area contributed by atoms with Crippen molar-refractivity contribution in [1.29, 1.82) is 0 Å². The van der Waals surface area contributed by atoms with Crippen LogP contribution in [0.5, 0.6) is 5.75 Å². The van der Waals surface area contributed by atoms with E-state index >= 15 is 0 Å². The Hall–Kier alpha value is -1.55. The molecule has 0 radical (unpaired) electrons. The van der Waals surface area contributed by atoms with Gasteiger partial charge in [0.15, 0.2) is 0 Å². The number of carbonyl (C=O) groups excluding carboxylic acids is 1. The van der Waals surface area contributed by atoms with E-state index < -0.39 is 0 Å². The third-order valence-corrected chi connectivity index (χ3v) is 4.38. The Bertz CT molecular complexity index is 481. The minimum Gasteiger partial charge on any atom is -0.490 e. The zero-order chi connectivity index (χ0) is 13.3. The van der Waals surface area contributed by atoms with Gasteiger partial charge in [-0.2, -0.15) is 0 Å². The van der Waals surface area contributed by atoms with Crippen molar-refractivity contribution >= 4 is 11.6 Å². The molecule has 1 aromatic rings. The standard InChI is InChI=1S/C15H20N2O2/c16-11-15(7-3-4-8-15)14(18)17-9-10-19-13-6-2-1-5-12(13)17/h1-2,5-6H,3-4,7-11,16H2. The van der Waals surface area contributed by atoms with Gasteiger partial charge in [0, 0.05) is 6.54 Å². The minimum absolute atomic E-state index is 0.184. The van der Waals surface area contributed by atoms with Crippen molar-refractivity contribution in [2.45, 2.75) is 25.7 Å². The van der Waals surface area contributed by atoms with Crippen molar-refractivity contribution in [3.05, 3.63) is 24.3 Å². The molecule has 4 nitrogen and oxygen atoms in total. The first-order chi connectivity index (χ1) is 9.27. The number of fused-ring (bicyclic) bond motifs is 1. The van der Waals surface area contributed by atoms with Gasteiger partial charge in [-0.05, 0) is 25.0 Å². The van der Waals surface area contributed by atoms with Crippen molar-refractivity contribution < 1.29 is 9.53 Å². The molecule has 102 valence electrons. The molecule has 0 aromatic heterocycles. The summed E-state index contributed by atoms with van der Waals surface area (Å²) in [5, 5.41) is 0. The van der Waals surface area contributed by atoms with Gasteiger partial charge in [-0.15, -0.1) is 0 Å². The molecule has 1 saturated carbocycles. The summed E-state index contributed by atoms with van der Waals surface area (Å²) < 4.78 is 5.61. The third-order valence-electron chi connectivity index (χ3n) is 4.38. The maximum absolute atomic E-state index is 12.9. The van der Waals surface area contributed by atoms with Crippen LogP contribution in [0.3, 0.4) is 0 Å². The second-order valence-electron chi connectivity index (χ2n) is 5.46. The molecule has 3 rings (SSSR count). The smallest absolute Gasteiger partial charge is 0.234 e. The molecule has 0 spiro atoms. The van der Waals surface area contributed by atoms with Crippen molar-refractivity contribution in [1.82, 2.24) is 0 Å². The van der Waals surface area contributed by atoms with Crippen molar-refractivity contribution in [3.8, 4) is 5.75 Å². The van der Waals surface area contributed by atoms with Gasteiger partial charge >= 0.3 is 0 Å². The summed E-state index contributed by atoms with van der Waals surface area (Å²) in [7, 11) is 0. The Morgan fingerprint density at radius 1 is 1.32 bits per heavy atom. The fraction of sp³-hybridized carbons (Fsp3) is 0.533. The van der Waals surface area contributed by atoms with E-state index in [1.54, 1.807) is 0 Å². The van der Waals surface area contributed by atoms with E-state index in [2.05, 4.69) is 0 Å². The van der Waals surface area contributed by atoms with E-state index in [4.69, 9.17) is 10.5 Å². The van der Waals surface area contributed by atoms with Gasteiger partial charge in [0.1, 0.15) is 12.4 Å². The number of ether oxygens (including phenoxy) is 1. The molecule has 1 aliphatic heterocycles. The summed E-state index contributed by atoms with van der Waals surface area (Å²) in [6.07, 6.45) is 4.05. The lowest BCUT2D eigenvalue weighted by atomic mass is 9.84. The molecule has 1 amide bonds. The fourth-order valence-electron chi connectivity index (χ4n) is 3.22. The van der Waals surface area contributed by atoms with Crippen LogP contribution >= 0.6 is 0 Å². The normalized spacial score (nSPS) is 20.8. The largest absolute Gasteiger partial charge is 0.490 e. The highest BCUT2D eigenvalue weighted by Gasteiger charge is 2.43. The van der Waals surface area contributed by atoms with E-state index in [0.29, 0.717) is 19.7 Å². The number of carbonyl (C=O) groups is 1. The summed E-state index contributed by atoms with van der Waals surface area (Å²) in [5.74, 6) is 0.982. The molecule has 0 unspecified atom stereocenters. The molecule has 2 N–H and O–H groups in total. The lowest BCUT2D eigenvalue weighted by Gasteiger charge is -2.36. The highest BCUT2D eigenvalue weighted by Crippen LogP contribution is 2.41. The second kappa shape index (κ2) is 4.85. The fourth-order valence-corrected chi connectivity index (χ4v) is 3.22. The Morgan fingerprint density at radius 2 is 2.05 bits per heavy atom. The molecule has 0 bridgehead atoms. The van der Waals surface area contributed by atoms with Gasteiger partial charge in [0.05, 0.1) is 17.6 Å². The molecule has 0 saturated heterocycles. The van der Waals surface area contributed by atoms with Crippen LogP contribution in [0.25, 0.3) is 0 Å². The molecule has 1 aromatic carbocycles. The number of amides is 1. The predicted molar refractivity (Wildman–Crippen MR) is 74.2 cm³/mol. The number of hydrogen-bond donors (Lipinski definition) is 1. The first-order valence-electron chi connectivity index (χ1n) is 7.01. The highest BCUT2D eigenvalue weighted by atomic mass is 16.5. The Labute approximate surface area is 113 Å². The molecule has 1 heterocycles. The number of nitrogens with two attached hydrogens (primary N) is 1. The van der Waals surface area contributed by atoms with Crippen LogP contribution in [0.4, 0.5) is 5.69 Å². The van der Waals surface area contributed by atoms with Crippen LogP contribution in [-0.4, -0.2) is 25.6 Å². The lowest BCUT2D eigenvalue weighted by Crippen LogP contribution is -2.49. The Balaban J connectivity index is 1.93. The van der Waals surface area contributed by atoms with Crippen LogP contribution in [0.2, 0.25) is 0 Å². The van der Waals surface area contributed by atoms with Crippen LogP contribution in [-0.2, 0) is 4.79 Å². The first kappa shape index (κ1) is 12.5. The van der Waals surface area contributed by atoms with E-state index in [1.165, 1.54) is 0 Å². The average Bonchev–Trinajstić information content (AvgIpc) is 2.96. The van der Waals surface area contributed by atoms with Gasteiger partial charge in [-0.1, -0.05) is 25.0 Å². The minimum atomic E-state index is -0.343. The summed E-state index contributed by atoms with van der Waals surface area (Å²) in [6.45, 7) is 1.63. The van der Waals surface area contributed by atoms with Gasteiger partial charge in [0.25, 0.3) is 0 Å². The van der Waals surface area contributed by atoms with Crippen LogP contribution < -0.4 is 15.4 Å². The van der Waals surface area contributed by atoms with Gasteiger partial charge in [0.2, 0.25) is 5.91 Å². The zero-order valence-corrected chi connectivity index (χ0v) is 11.1. The number of nitrogens with zero attached hydrogens (tertiary/aromatic N) is 1. The summed E-state index contributed by atoms with van der Waals surface area (Å²) in [4.78, 5) is 14.8. The first-order valence-corrected chi connectivity index (χ1v) is 7.01. The van der Waals surface area contributed by atoms with E-state index in [0.717, 1.165) is 37.1 Å². The van der Waals surface area contributed by atoms with Crippen molar-refractivity contribution in [2.75, 3.05) is 24.6 Å². The maximum Gasteiger partial charge on any atom is 0.234 e. The molecule has 1 aliphatic carbocycles. The highest BCUT2D eigenvalue weighted by molar-refractivity contribution is 5.99. The maximum atomic E-state index is 12.9. The third kappa shape index (κ3) is 2.00. The summed E-state index contributed by atoms with van der Waals surface area (Å²) in [6, 6.07) is 7.74. The molecular formula is C15H20N2O2. The van der Waals surface area contributed by atoms with Crippen molar-refractivity contribution in [3.63, 3.8) is 0 Å². The molecular weight excluding hydrogens is 240 g/mol. The topological polar surface area (TPSA) is 55.6 Å². The molecule has 1 fully saturated rings. The van der Waals surface area contributed by atoms with Gasteiger partial charge in [-0.25, -0.2) is 0 Å². The number of anilines is 1. The number of rotatable bonds is 2. The lowest BCUT2D eigenvalue weighted by molar-refractivity contribution is -0.127. The number of hydrogen-bond acceptors (Lipinski definition) is 3. The van der Waals surface area contributed by atoms with Crippen molar-refractivity contribution in [2.24, 2.45) is 11.1 Å². The monoisotopic (exact) mass is 260 g/mol. The van der Waals surface area contributed by atoms with Gasteiger partial charge in [-0.3, -0.25) is 4.79 Å². The van der Waals surface area contributed by atoms with E-state index in [-0.39, 0.29) is 11.3 Å². The zero-order valence-electron chi connectivity index (χ0n) is 11.1. The molecule has 0 atom stereocenters. The predicted octanol–water partition coefficient (Wildman–Crippen LogP) is 1.93. The second-order valence-corrected chi connectivity index (χ2v) is 5.46. The molecule has 2 aliphatic rings. The number of para-hydroxylation sites is 2. The molecule has 4 heteroatoms.